The van der Waals surface area contributed by atoms with Crippen LogP contribution in [-0.2, 0) is 6.54 Å². The topological polar surface area (TPSA) is 58.3 Å². The number of hydrogen-bond acceptors (Lipinski definition) is 6. The molecule has 0 saturated carbocycles. The number of rotatable bonds is 6. The molecule has 0 spiro atoms. The first-order chi connectivity index (χ1) is 12.8. The molecule has 0 aliphatic carbocycles. The van der Waals surface area contributed by atoms with Crippen LogP contribution in [0.2, 0.25) is 0 Å². The maximum atomic E-state index is 5.65. The van der Waals surface area contributed by atoms with Gasteiger partial charge in [-0.25, -0.2) is 4.98 Å². The normalized spacial score (nSPS) is 17.2. The summed E-state index contributed by atoms with van der Waals surface area (Å²) in [5.41, 5.74) is 1.96. The van der Waals surface area contributed by atoms with E-state index in [2.05, 4.69) is 32.0 Å². The summed E-state index contributed by atoms with van der Waals surface area (Å²) in [6, 6.07) is 14.4. The van der Waals surface area contributed by atoms with Gasteiger partial charge >= 0.3 is 0 Å². The lowest BCUT2D eigenvalue weighted by Crippen LogP contribution is -2.39. The molecule has 1 aromatic carbocycles. The number of oxazole rings is 1. The SMILES string of the molecule is CN(Cc1coc(-c2ccccc2)n1)CC1CCCN1c1cccnn1. The Kier molecular flexibility index (Phi) is 4.93. The molecule has 1 unspecified atom stereocenters. The molecule has 6 heteroatoms. The molecule has 6 nitrogen and oxygen atoms in total. The predicted octanol–water partition coefficient (Wildman–Crippen LogP) is 3.23. The Bertz CT molecular complexity index is 820. The minimum atomic E-state index is 0.456. The summed E-state index contributed by atoms with van der Waals surface area (Å²) >= 11 is 0. The summed E-state index contributed by atoms with van der Waals surface area (Å²) in [5.74, 6) is 1.65. The van der Waals surface area contributed by atoms with Crippen LogP contribution in [0.25, 0.3) is 11.5 Å². The van der Waals surface area contributed by atoms with E-state index >= 15 is 0 Å². The van der Waals surface area contributed by atoms with Gasteiger partial charge in [0.1, 0.15) is 6.26 Å². The monoisotopic (exact) mass is 349 g/mol. The van der Waals surface area contributed by atoms with Gasteiger partial charge in [-0.2, -0.15) is 5.10 Å². The molecular weight excluding hydrogens is 326 g/mol. The predicted molar refractivity (Wildman–Crippen MR) is 101 cm³/mol. The molecule has 0 radical (unpaired) electrons. The Balaban J connectivity index is 1.38. The second-order valence-electron chi connectivity index (χ2n) is 6.78. The zero-order chi connectivity index (χ0) is 17.8. The van der Waals surface area contributed by atoms with Crippen molar-refractivity contribution in [1.82, 2.24) is 20.1 Å². The Morgan fingerprint density at radius 3 is 2.88 bits per heavy atom. The zero-order valence-corrected chi connectivity index (χ0v) is 15.0. The molecule has 134 valence electrons. The lowest BCUT2D eigenvalue weighted by molar-refractivity contribution is 0.299. The fraction of sp³-hybridized carbons (Fsp3) is 0.350. The molecule has 0 N–H and O–H groups in total. The molecular formula is C20H23N5O. The average Bonchev–Trinajstić information content (AvgIpc) is 3.33. The lowest BCUT2D eigenvalue weighted by atomic mass is 10.2. The molecule has 3 aromatic rings. The molecule has 1 saturated heterocycles. The highest BCUT2D eigenvalue weighted by atomic mass is 16.3. The van der Waals surface area contributed by atoms with Gasteiger partial charge in [-0.05, 0) is 44.2 Å². The summed E-state index contributed by atoms with van der Waals surface area (Å²) in [6.07, 6.45) is 5.84. The third-order valence-electron chi connectivity index (χ3n) is 4.76. The molecule has 2 aromatic heterocycles. The lowest BCUT2D eigenvalue weighted by Gasteiger charge is -2.28. The van der Waals surface area contributed by atoms with Gasteiger partial charge in [0.15, 0.2) is 5.82 Å². The van der Waals surface area contributed by atoms with Crippen molar-refractivity contribution in [3.8, 4) is 11.5 Å². The van der Waals surface area contributed by atoms with Crippen molar-refractivity contribution in [2.45, 2.75) is 25.4 Å². The van der Waals surface area contributed by atoms with Crippen LogP contribution in [0.1, 0.15) is 18.5 Å². The maximum absolute atomic E-state index is 5.65. The van der Waals surface area contributed by atoms with Crippen LogP contribution in [0.4, 0.5) is 5.82 Å². The van der Waals surface area contributed by atoms with E-state index in [4.69, 9.17) is 4.42 Å². The summed E-state index contributed by atoms with van der Waals surface area (Å²) in [5, 5.41) is 8.28. The summed E-state index contributed by atoms with van der Waals surface area (Å²) in [4.78, 5) is 9.29. The summed E-state index contributed by atoms with van der Waals surface area (Å²) in [6.45, 7) is 2.77. The minimum Gasteiger partial charge on any atom is -0.444 e. The largest absolute Gasteiger partial charge is 0.444 e. The minimum absolute atomic E-state index is 0.456. The summed E-state index contributed by atoms with van der Waals surface area (Å²) in [7, 11) is 2.13. The zero-order valence-electron chi connectivity index (χ0n) is 15.0. The first-order valence-corrected chi connectivity index (χ1v) is 9.02. The third kappa shape index (κ3) is 3.75. The van der Waals surface area contributed by atoms with Gasteiger partial charge in [-0.3, -0.25) is 4.90 Å². The van der Waals surface area contributed by atoms with E-state index in [1.54, 1.807) is 12.5 Å². The van der Waals surface area contributed by atoms with Crippen molar-refractivity contribution in [3.63, 3.8) is 0 Å². The molecule has 1 atom stereocenters. The van der Waals surface area contributed by atoms with Crippen molar-refractivity contribution in [2.75, 3.05) is 25.0 Å². The van der Waals surface area contributed by atoms with E-state index < -0.39 is 0 Å². The third-order valence-corrected chi connectivity index (χ3v) is 4.76. The maximum Gasteiger partial charge on any atom is 0.226 e. The van der Waals surface area contributed by atoms with Gasteiger partial charge in [0.2, 0.25) is 5.89 Å². The molecule has 1 aliphatic rings. The van der Waals surface area contributed by atoms with E-state index in [1.807, 2.05) is 42.5 Å². The first-order valence-electron chi connectivity index (χ1n) is 9.02. The average molecular weight is 349 g/mol. The van der Waals surface area contributed by atoms with Crippen molar-refractivity contribution in [3.05, 3.63) is 60.6 Å². The number of nitrogens with zero attached hydrogens (tertiary/aromatic N) is 5. The van der Waals surface area contributed by atoms with Gasteiger partial charge in [-0.1, -0.05) is 18.2 Å². The van der Waals surface area contributed by atoms with E-state index in [0.29, 0.717) is 11.9 Å². The van der Waals surface area contributed by atoms with Crippen LogP contribution in [0.15, 0.2) is 59.3 Å². The van der Waals surface area contributed by atoms with Crippen LogP contribution in [0.3, 0.4) is 0 Å². The summed E-state index contributed by atoms with van der Waals surface area (Å²) < 4.78 is 5.65. The van der Waals surface area contributed by atoms with E-state index in [9.17, 15) is 0 Å². The molecule has 1 fully saturated rings. The van der Waals surface area contributed by atoms with Gasteiger partial charge in [0.05, 0.1) is 5.69 Å². The van der Waals surface area contributed by atoms with Crippen LogP contribution >= 0.6 is 0 Å². The highest BCUT2D eigenvalue weighted by molar-refractivity contribution is 5.52. The highest BCUT2D eigenvalue weighted by Gasteiger charge is 2.27. The number of anilines is 1. The van der Waals surface area contributed by atoms with Crippen LogP contribution in [0, 0.1) is 0 Å². The van der Waals surface area contributed by atoms with E-state index in [0.717, 1.165) is 36.7 Å². The number of hydrogen-bond donors (Lipinski definition) is 0. The van der Waals surface area contributed by atoms with Crippen LogP contribution < -0.4 is 4.90 Å². The number of aromatic nitrogens is 3. The molecule has 0 amide bonds. The standard InChI is InChI=1S/C20H23N5O/c1-24(13-17-15-26-20(22-17)16-7-3-2-4-8-16)14-18-9-6-12-25(18)19-10-5-11-21-23-19/h2-5,7-8,10-11,15,18H,6,9,12-14H2,1H3. The second kappa shape index (κ2) is 7.66. The van der Waals surface area contributed by atoms with Crippen molar-refractivity contribution < 1.29 is 4.42 Å². The Hall–Kier alpha value is -2.73. The Morgan fingerprint density at radius 2 is 2.08 bits per heavy atom. The highest BCUT2D eigenvalue weighted by Crippen LogP contribution is 2.24. The van der Waals surface area contributed by atoms with Gasteiger partial charge < -0.3 is 9.32 Å². The molecule has 1 aliphatic heterocycles. The van der Waals surface area contributed by atoms with E-state index in [-0.39, 0.29) is 0 Å². The molecule has 3 heterocycles. The van der Waals surface area contributed by atoms with Gasteiger partial charge in [0.25, 0.3) is 0 Å². The molecule has 26 heavy (non-hydrogen) atoms. The fourth-order valence-corrected chi connectivity index (χ4v) is 3.57. The quantitative estimate of drug-likeness (QED) is 0.681. The Morgan fingerprint density at radius 1 is 1.19 bits per heavy atom. The van der Waals surface area contributed by atoms with Crippen molar-refractivity contribution in [1.29, 1.82) is 0 Å². The van der Waals surface area contributed by atoms with Gasteiger partial charge in [0, 0.05) is 37.4 Å². The van der Waals surface area contributed by atoms with Gasteiger partial charge in [-0.15, -0.1) is 5.10 Å². The molecule has 4 rings (SSSR count). The van der Waals surface area contributed by atoms with Crippen LogP contribution in [-0.4, -0.2) is 46.3 Å². The fourth-order valence-electron chi connectivity index (χ4n) is 3.57. The smallest absolute Gasteiger partial charge is 0.226 e. The van der Waals surface area contributed by atoms with Crippen LogP contribution in [0.5, 0.6) is 0 Å². The van der Waals surface area contributed by atoms with Crippen molar-refractivity contribution in [2.24, 2.45) is 0 Å². The first kappa shape index (κ1) is 16.7. The Labute approximate surface area is 153 Å². The number of likely N-dealkylation sites (N-methyl/N-ethyl adjacent to an activating group) is 1. The number of benzene rings is 1. The molecule has 0 bridgehead atoms. The van der Waals surface area contributed by atoms with Crippen molar-refractivity contribution >= 4 is 5.82 Å². The van der Waals surface area contributed by atoms with E-state index in [1.165, 1.54) is 12.8 Å². The second-order valence-corrected chi connectivity index (χ2v) is 6.78.